The van der Waals surface area contributed by atoms with Gasteiger partial charge in [0, 0.05) is 20.7 Å². The fourth-order valence-electron chi connectivity index (χ4n) is 1.11. The van der Waals surface area contributed by atoms with Crippen LogP contribution in [0.1, 0.15) is 5.69 Å². The molecule has 0 fully saturated rings. The smallest absolute Gasteiger partial charge is 0.128 e. The molecule has 0 amide bonds. The van der Waals surface area contributed by atoms with Crippen LogP contribution in [-0.4, -0.2) is 37.4 Å². The van der Waals surface area contributed by atoms with E-state index in [0.29, 0.717) is 12.3 Å². The molecule has 0 unspecified atom stereocenters. The number of hydrogen-bond acceptors (Lipinski definition) is 4. The SMILES string of the molecule is COCCN(C)c1cccc(CO)n1. The lowest BCUT2D eigenvalue weighted by molar-refractivity contribution is 0.206. The first-order valence-electron chi connectivity index (χ1n) is 4.54. The van der Waals surface area contributed by atoms with E-state index in [1.807, 2.05) is 24.1 Å². The molecule has 0 aliphatic heterocycles. The highest BCUT2D eigenvalue weighted by Gasteiger charge is 2.02. The van der Waals surface area contributed by atoms with E-state index in [-0.39, 0.29) is 6.61 Å². The van der Waals surface area contributed by atoms with Crippen molar-refractivity contribution in [2.45, 2.75) is 6.61 Å². The molecular formula is C10H16N2O2. The van der Waals surface area contributed by atoms with Crippen molar-refractivity contribution in [3.63, 3.8) is 0 Å². The molecular weight excluding hydrogens is 180 g/mol. The molecule has 1 rings (SSSR count). The second kappa shape index (κ2) is 5.57. The van der Waals surface area contributed by atoms with Crippen LogP contribution in [0, 0.1) is 0 Å². The minimum absolute atomic E-state index is 0.0219. The standard InChI is InChI=1S/C10H16N2O2/c1-12(6-7-14-2)10-5-3-4-9(8-13)11-10/h3-5,13H,6-8H2,1-2H3. The summed E-state index contributed by atoms with van der Waals surface area (Å²) in [6.07, 6.45) is 0. The number of anilines is 1. The van der Waals surface area contributed by atoms with Crippen molar-refractivity contribution in [2.75, 3.05) is 32.2 Å². The Bertz CT molecular complexity index is 279. The number of likely N-dealkylation sites (N-methyl/N-ethyl adjacent to an activating group) is 1. The molecule has 1 aromatic heterocycles. The van der Waals surface area contributed by atoms with Crippen LogP contribution in [0.3, 0.4) is 0 Å². The summed E-state index contributed by atoms with van der Waals surface area (Å²) in [7, 11) is 3.62. The van der Waals surface area contributed by atoms with Crippen LogP contribution in [0.4, 0.5) is 5.82 Å². The average molecular weight is 196 g/mol. The van der Waals surface area contributed by atoms with Crippen LogP contribution in [-0.2, 0) is 11.3 Å². The maximum absolute atomic E-state index is 8.91. The third kappa shape index (κ3) is 2.97. The zero-order chi connectivity index (χ0) is 10.4. The molecule has 4 heteroatoms. The maximum Gasteiger partial charge on any atom is 0.128 e. The van der Waals surface area contributed by atoms with Gasteiger partial charge in [0.15, 0.2) is 0 Å². The van der Waals surface area contributed by atoms with Crippen LogP contribution in [0.15, 0.2) is 18.2 Å². The molecule has 1 aromatic rings. The Morgan fingerprint density at radius 1 is 1.50 bits per heavy atom. The summed E-state index contributed by atoms with van der Waals surface area (Å²) in [4.78, 5) is 6.25. The summed E-state index contributed by atoms with van der Waals surface area (Å²) in [5.41, 5.74) is 0.687. The Kier molecular flexibility index (Phi) is 4.35. The van der Waals surface area contributed by atoms with Gasteiger partial charge in [-0.2, -0.15) is 0 Å². The van der Waals surface area contributed by atoms with Gasteiger partial charge in [-0.1, -0.05) is 6.07 Å². The molecule has 4 nitrogen and oxygen atoms in total. The minimum Gasteiger partial charge on any atom is -0.390 e. The van der Waals surface area contributed by atoms with E-state index in [1.54, 1.807) is 13.2 Å². The number of rotatable bonds is 5. The van der Waals surface area contributed by atoms with Crippen molar-refractivity contribution in [2.24, 2.45) is 0 Å². The molecule has 0 aliphatic rings. The summed E-state index contributed by atoms with van der Waals surface area (Å²) in [6, 6.07) is 5.60. The summed E-state index contributed by atoms with van der Waals surface area (Å²) >= 11 is 0. The number of aliphatic hydroxyl groups is 1. The number of aliphatic hydroxyl groups excluding tert-OH is 1. The third-order valence-corrected chi connectivity index (χ3v) is 1.98. The Hall–Kier alpha value is -1.13. The molecule has 0 saturated carbocycles. The monoisotopic (exact) mass is 196 g/mol. The Labute approximate surface area is 84.1 Å². The molecule has 1 heterocycles. The highest BCUT2D eigenvalue weighted by atomic mass is 16.5. The number of ether oxygens (including phenoxy) is 1. The van der Waals surface area contributed by atoms with Gasteiger partial charge in [-0.3, -0.25) is 0 Å². The lowest BCUT2D eigenvalue weighted by atomic mass is 10.3. The lowest BCUT2D eigenvalue weighted by Crippen LogP contribution is -2.23. The molecule has 0 spiro atoms. The molecule has 0 aliphatic carbocycles. The number of methoxy groups -OCH3 is 1. The molecule has 0 atom stereocenters. The second-order valence-corrected chi connectivity index (χ2v) is 3.06. The van der Waals surface area contributed by atoms with Gasteiger partial charge in [-0.15, -0.1) is 0 Å². The highest BCUT2D eigenvalue weighted by Crippen LogP contribution is 2.09. The van der Waals surface area contributed by atoms with Crippen molar-refractivity contribution >= 4 is 5.82 Å². The lowest BCUT2D eigenvalue weighted by Gasteiger charge is -2.17. The molecule has 14 heavy (non-hydrogen) atoms. The fraction of sp³-hybridized carbons (Fsp3) is 0.500. The summed E-state index contributed by atoms with van der Waals surface area (Å²) in [6.45, 7) is 1.44. The number of nitrogens with zero attached hydrogens (tertiary/aromatic N) is 2. The topological polar surface area (TPSA) is 45.6 Å². The van der Waals surface area contributed by atoms with Gasteiger partial charge in [0.05, 0.1) is 18.9 Å². The van der Waals surface area contributed by atoms with Crippen molar-refractivity contribution in [1.82, 2.24) is 4.98 Å². The first kappa shape index (κ1) is 10.9. The van der Waals surface area contributed by atoms with Gasteiger partial charge in [0.2, 0.25) is 0 Å². The van der Waals surface area contributed by atoms with E-state index in [0.717, 1.165) is 12.4 Å². The van der Waals surface area contributed by atoms with E-state index in [1.165, 1.54) is 0 Å². The molecule has 1 N–H and O–H groups in total. The van der Waals surface area contributed by atoms with E-state index in [9.17, 15) is 0 Å². The normalized spacial score (nSPS) is 10.2. The van der Waals surface area contributed by atoms with Crippen molar-refractivity contribution in [3.8, 4) is 0 Å². The van der Waals surface area contributed by atoms with Gasteiger partial charge < -0.3 is 14.7 Å². The van der Waals surface area contributed by atoms with Gasteiger partial charge in [-0.25, -0.2) is 4.98 Å². The third-order valence-electron chi connectivity index (χ3n) is 1.98. The summed E-state index contributed by atoms with van der Waals surface area (Å²) in [5, 5.41) is 8.91. The highest BCUT2D eigenvalue weighted by molar-refractivity contribution is 5.37. The summed E-state index contributed by atoms with van der Waals surface area (Å²) in [5.74, 6) is 0.855. The van der Waals surface area contributed by atoms with Crippen LogP contribution in [0.25, 0.3) is 0 Å². The Morgan fingerprint density at radius 2 is 2.29 bits per heavy atom. The molecule has 0 radical (unpaired) electrons. The summed E-state index contributed by atoms with van der Waals surface area (Å²) < 4.78 is 4.97. The predicted molar refractivity (Wildman–Crippen MR) is 55.3 cm³/mol. The van der Waals surface area contributed by atoms with Crippen LogP contribution >= 0.6 is 0 Å². The zero-order valence-electron chi connectivity index (χ0n) is 8.60. The zero-order valence-corrected chi connectivity index (χ0v) is 8.60. The number of hydrogen-bond donors (Lipinski definition) is 1. The van der Waals surface area contributed by atoms with E-state index < -0.39 is 0 Å². The van der Waals surface area contributed by atoms with Crippen molar-refractivity contribution in [1.29, 1.82) is 0 Å². The van der Waals surface area contributed by atoms with Crippen molar-refractivity contribution in [3.05, 3.63) is 23.9 Å². The molecule has 0 saturated heterocycles. The Balaban J connectivity index is 2.64. The van der Waals surface area contributed by atoms with Gasteiger partial charge in [0.1, 0.15) is 5.82 Å². The molecule has 0 bridgehead atoms. The van der Waals surface area contributed by atoms with Crippen LogP contribution < -0.4 is 4.90 Å². The van der Waals surface area contributed by atoms with Gasteiger partial charge in [-0.05, 0) is 12.1 Å². The van der Waals surface area contributed by atoms with Gasteiger partial charge in [0.25, 0.3) is 0 Å². The van der Waals surface area contributed by atoms with E-state index >= 15 is 0 Å². The minimum atomic E-state index is -0.0219. The number of aromatic nitrogens is 1. The Morgan fingerprint density at radius 3 is 2.93 bits per heavy atom. The molecule has 78 valence electrons. The van der Waals surface area contributed by atoms with Crippen LogP contribution in [0.5, 0.6) is 0 Å². The second-order valence-electron chi connectivity index (χ2n) is 3.06. The number of pyridine rings is 1. The quantitative estimate of drug-likeness (QED) is 0.751. The first-order valence-corrected chi connectivity index (χ1v) is 4.54. The average Bonchev–Trinajstić information content (AvgIpc) is 2.26. The fourth-order valence-corrected chi connectivity index (χ4v) is 1.11. The van der Waals surface area contributed by atoms with Crippen LogP contribution in [0.2, 0.25) is 0 Å². The largest absolute Gasteiger partial charge is 0.390 e. The predicted octanol–water partition coefficient (Wildman–Crippen LogP) is 0.657. The maximum atomic E-state index is 8.91. The van der Waals surface area contributed by atoms with E-state index in [2.05, 4.69) is 4.98 Å². The molecule has 0 aromatic carbocycles. The van der Waals surface area contributed by atoms with E-state index in [4.69, 9.17) is 9.84 Å². The van der Waals surface area contributed by atoms with Gasteiger partial charge >= 0.3 is 0 Å². The first-order chi connectivity index (χ1) is 6.77. The van der Waals surface area contributed by atoms with Crippen molar-refractivity contribution < 1.29 is 9.84 Å².